The summed E-state index contributed by atoms with van der Waals surface area (Å²) in [5.74, 6) is 0.715. The number of para-hydroxylation sites is 1. The molecule has 0 bridgehead atoms. The second-order valence-corrected chi connectivity index (χ2v) is 5.15. The zero-order valence-electron chi connectivity index (χ0n) is 11.4. The van der Waals surface area contributed by atoms with Crippen LogP contribution in [0.25, 0.3) is 10.9 Å². The van der Waals surface area contributed by atoms with E-state index in [0.29, 0.717) is 23.9 Å². The Hall–Kier alpha value is -2.10. The first-order chi connectivity index (χ1) is 10.3. The lowest BCUT2D eigenvalue weighted by atomic mass is 10.2. The number of aromatic nitrogens is 1. The first-order valence-corrected chi connectivity index (χ1v) is 7.10. The molecule has 4 heteroatoms. The minimum atomic E-state index is 0.406. The fourth-order valence-corrected chi connectivity index (χ4v) is 2.38. The minimum absolute atomic E-state index is 0.406. The van der Waals surface area contributed by atoms with Crippen LogP contribution >= 0.6 is 11.6 Å². The van der Waals surface area contributed by atoms with E-state index in [1.54, 1.807) is 6.07 Å². The Morgan fingerprint density at radius 3 is 2.71 bits per heavy atom. The lowest BCUT2D eigenvalue weighted by Gasteiger charge is -2.08. The van der Waals surface area contributed by atoms with Crippen molar-refractivity contribution in [3.05, 3.63) is 70.9 Å². The van der Waals surface area contributed by atoms with Gasteiger partial charge in [0.05, 0.1) is 11.2 Å². The van der Waals surface area contributed by atoms with Gasteiger partial charge in [-0.2, -0.15) is 0 Å². The Labute approximate surface area is 128 Å². The third-order valence-electron chi connectivity index (χ3n) is 3.29. The van der Waals surface area contributed by atoms with E-state index < -0.39 is 0 Å². The van der Waals surface area contributed by atoms with Gasteiger partial charge in [0.25, 0.3) is 0 Å². The molecular formula is C17H15ClN2O. The van der Waals surface area contributed by atoms with Gasteiger partial charge < -0.3 is 10.5 Å². The number of halogens is 1. The van der Waals surface area contributed by atoms with Crippen molar-refractivity contribution in [2.45, 2.75) is 13.2 Å². The maximum Gasteiger partial charge on any atom is 0.130 e. The normalized spacial score (nSPS) is 10.8. The molecule has 0 saturated carbocycles. The van der Waals surface area contributed by atoms with E-state index in [4.69, 9.17) is 22.1 Å². The van der Waals surface area contributed by atoms with E-state index in [1.807, 2.05) is 48.5 Å². The third-order valence-corrected chi connectivity index (χ3v) is 3.64. The van der Waals surface area contributed by atoms with E-state index in [0.717, 1.165) is 22.2 Å². The fraction of sp³-hybridized carbons (Fsp3) is 0.118. The van der Waals surface area contributed by atoms with Crippen LogP contribution in [-0.2, 0) is 13.2 Å². The van der Waals surface area contributed by atoms with Crippen LogP contribution in [-0.4, -0.2) is 4.98 Å². The van der Waals surface area contributed by atoms with Crippen LogP contribution in [0.2, 0.25) is 5.02 Å². The number of fused-ring (bicyclic) bond motifs is 1. The standard InChI is InChI=1S/C17H15ClN2O/c18-16-9-15(8-6-13(16)10-19)21-11-14-7-5-12-3-1-2-4-17(12)20-14/h1-9H,10-11,19H2. The predicted molar refractivity (Wildman–Crippen MR) is 85.4 cm³/mol. The zero-order valence-corrected chi connectivity index (χ0v) is 12.2. The first-order valence-electron chi connectivity index (χ1n) is 6.72. The molecule has 0 atom stereocenters. The molecule has 0 unspecified atom stereocenters. The van der Waals surface area contributed by atoms with Crippen LogP contribution in [0, 0.1) is 0 Å². The van der Waals surface area contributed by atoms with Crippen molar-refractivity contribution < 1.29 is 4.74 Å². The fourth-order valence-electron chi connectivity index (χ4n) is 2.13. The lowest BCUT2D eigenvalue weighted by molar-refractivity contribution is 0.302. The average Bonchev–Trinajstić information content (AvgIpc) is 2.53. The summed E-state index contributed by atoms with van der Waals surface area (Å²) in [5, 5.41) is 1.75. The number of hydrogen-bond donors (Lipinski definition) is 1. The molecule has 0 aliphatic rings. The number of rotatable bonds is 4. The number of pyridine rings is 1. The first kappa shape index (κ1) is 13.9. The highest BCUT2D eigenvalue weighted by Gasteiger charge is 2.03. The number of hydrogen-bond acceptors (Lipinski definition) is 3. The highest BCUT2D eigenvalue weighted by atomic mass is 35.5. The second-order valence-electron chi connectivity index (χ2n) is 4.74. The van der Waals surface area contributed by atoms with E-state index >= 15 is 0 Å². The largest absolute Gasteiger partial charge is 0.487 e. The minimum Gasteiger partial charge on any atom is -0.487 e. The van der Waals surface area contributed by atoms with Gasteiger partial charge in [-0.3, -0.25) is 0 Å². The monoisotopic (exact) mass is 298 g/mol. The Morgan fingerprint density at radius 1 is 1.05 bits per heavy atom. The van der Waals surface area contributed by atoms with Crippen molar-refractivity contribution in [1.29, 1.82) is 0 Å². The van der Waals surface area contributed by atoms with Crippen molar-refractivity contribution in [1.82, 2.24) is 4.98 Å². The number of benzene rings is 2. The molecule has 3 aromatic rings. The Bertz CT molecular complexity index is 774. The van der Waals surface area contributed by atoms with Crippen molar-refractivity contribution >= 4 is 22.5 Å². The molecule has 1 aromatic heterocycles. The highest BCUT2D eigenvalue weighted by molar-refractivity contribution is 6.31. The van der Waals surface area contributed by atoms with Gasteiger partial charge in [-0.15, -0.1) is 0 Å². The van der Waals surface area contributed by atoms with E-state index in [1.165, 1.54) is 0 Å². The van der Waals surface area contributed by atoms with Crippen LogP contribution in [0.1, 0.15) is 11.3 Å². The lowest BCUT2D eigenvalue weighted by Crippen LogP contribution is -2.00. The molecule has 0 spiro atoms. The average molecular weight is 299 g/mol. The van der Waals surface area contributed by atoms with Crippen LogP contribution in [0.3, 0.4) is 0 Å². The predicted octanol–water partition coefficient (Wildman–Crippen LogP) is 3.93. The summed E-state index contributed by atoms with van der Waals surface area (Å²) in [6, 6.07) is 17.6. The SMILES string of the molecule is NCc1ccc(OCc2ccc3ccccc3n2)cc1Cl. The molecule has 0 radical (unpaired) electrons. The zero-order chi connectivity index (χ0) is 14.7. The molecular weight excluding hydrogens is 284 g/mol. The molecule has 0 aliphatic heterocycles. The number of ether oxygens (including phenoxy) is 1. The maximum absolute atomic E-state index is 6.11. The van der Waals surface area contributed by atoms with Gasteiger partial charge in [-0.25, -0.2) is 4.98 Å². The van der Waals surface area contributed by atoms with Crippen LogP contribution in [0.5, 0.6) is 5.75 Å². The van der Waals surface area contributed by atoms with Gasteiger partial charge in [0.1, 0.15) is 12.4 Å². The van der Waals surface area contributed by atoms with Crippen molar-refractivity contribution in [3.8, 4) is 5.75 Å². The quantitative estimate of drug-likeness (QED) is 0.794. The van der Waals surface area contributed by atoms with E-state index in [2.05, 4.69) is 4.98 Å². The van der Waals surface area contributed by atoms with Gasteiger partial charge in [0, 0.05) is 17.0 Å². The smallest absolute Gasteiger partial charge is 0.130 e. The van der Waals surface area contributed by atoms with Gasteiger partial charge in [0.15, 0.2) is 0 Å². The molecule has 3 nitrogen and oxygen atoms in total. The highest BCUT2D eigenvalue weighted by Crippen LogP contribution is 2.23. The van der Waals surface area contributed by atoms with Gasteiger partial charge in [-0.1, -0.05) is 41.9 Å². The van der Waals surface area contributed by atoms with Gasteiger partial charge in [0.2, 0.25) is 0 Å². The van der Waals surface area contributed by atoms with Crippen molar-refractivity contribution in [2.24, 2.45) is 5.73 Å². The summed E-state index contributed by atoms with van der Waals surface area (Å²) in [5.41, 5.74) is 8.34. The maximum atomic E-state index is 6.11. The summed E-state index contributed by atoms with van der Waals surface area (Å²) in [4.78, 5) is 4.57. The van der Waals surface area contributed by atoms with Crippen molar-refractivity contribution in [2.75, 3.05) is 0 Å². The summed E-state index contributed by atoms with van der Waals surface area (Å²) in [6.07, 6.45) is 0. The summed E-state index contributed by atoms with van der Waals surface area (Å²) in [7, 11) is 0. The third kappa shape index (κ3) is 3.15. The molecule has 0 aliphatic carbocycles. The second kappa shape index (κ2) is 6.12. The number of nitrogens with two attached hydrogens (primary N) is 1. The van der Waals surface area contributed by atoms with E-state index in [-0.39, 0.29) is 0 Å². The van der Waals surface area contributed by atoms with Crippen LogP contribution < -0.4 is 10.5 Å². The molecule has 21 heavy (non-hydrogen) atoms. The summed E-state index contributed by atoms with van der Waals surface area (Å²) < 4.78 is 5.73. The number of nitrogens with zero attached hydrogens (tertiary/aromatic N) is 1. The molecule has 0 fully saturated rings. The van der Waals surface area contributed by atoms with E-state index in [9.17, 15) is 0 Å². The molecule has 0 saturated heterocycles. The summed E-state index contributed by atoms with van der Waals surface area (Å²) >= 11 is 6.11. The molecule has 2 N–H and O–H groups in total. The Balaban J connectivity index is 1.75. The molecule has 1 heterocycles. The Morgan fingerprint density at radius 2 is 1.90 bits per heavy atom. The molecule has 2 aromatic carbocycles. The molecule has 3 rings (SSSR count). The molecule has 106 valence electrons. The Kier molecular flexibility index (Phi) is 4.04. The van der Waals surface area contributed by atoms with Crippen molar-refractivity contribution in [3.63, 3.8) is 0 Å². The topological polar surface area (TPSA) is 48.1 Å². The van der Waals surface area contributed by atoms with Crippen LogP contribution in [0.4, 0.5) is 0 Å². The van der Waals surface area contributed by atoms with Gasteiger partial charge in [-0.05, 0) is 29.8 Å². The van der Waals surface area contributed by atoms with Gasteiger partial charge >= 0.3 is 0 Å². The summed E-state index contributed by atoms with van der Waals surface area (Å²) in [6.45, 7) is 0.828. The van der Waals surface area contributed by atoms with Crippen LogP contribution in [0.15, 0.2) is 54.6 Å². The molecule has 0 amide bonds.